The van der Waals surface area contributed by atoms with Crippen molar-refractivity contribution < 1.29 is 18.4 Å². The molecule has 0 bridgehead atoms. The van der Waals surface area contributed by atoms with Gasteiger partial charge in [0, 0.05) is 11.1 Å². The summed E-state index contributed by atoms with van der Waals surface area (Å²) in [7, 11) is 0. The van der Waals surface area contributed by atoms with Crippen LogP contribution in [-0.2, 0) is 13.2 Å². The molecule has 6 nitrogen and oxygen atoms in total. The fourth-order valence-corrected chi connectivity index (χ4v) is 2.92. The van der Waals surface area contributed by atoms with E-state index < -0.39 is 0 Å². The van der Waals surface area contributed by atoms with E-state index >= 15 is 0 Å². The Kier molecular flexibility index (Phi) is 5.66. The second-order valence-corrected chi connectivity index (χ2v) is 6.96. The number of benzene rings is 2. The average Bonchev–Trinajstić information content (AvgIpc) is 3.41. The van der Waals surface area contributed by atoms with Gasteiger partial charge in [-0.1, -0.05) is 17.7 Å². The van der Waals surface area contributed by atoms with Crippen molar-refractivity contribution >= 4 is 5.91 Å². The Morgan fingerprint density at radius 2 is 1.80 bits per heavy atom. The highest BCUT2D eigenvalue weighted by Gasteiger charge is 2.13. The van der Waals surface area contributed by atoms with E-state index in [0.29, 0.717) is 36.1 Å². The minimum atomic E-state index is -0.172. The second kappa shape index (κ2) is 8.69. The smallest absolute Gasteiger partial charge is 0.251 e. The summed E-state index contributed by atoms with van der Waals surface area (Å²) >= 11 is 0. The third-order valence-electron chi connectivity index (χ3n) is 4.69. The van der Waals surface area contributed by atoms with Gasteiger partial charge in [0.05, 0.1) is 12.8 Å². The van der Waals surface area contributed by atoms with Crippen molar-refractivity contribution in [3.05, 3.63) is 95.3 Å². The molecule has 1 N–H and O–H groups in total. The highest BCUT2D eigenvalue weighted by molar-refractivity contribution is 5.94. The normalized spacial score (nSPS) is 10.7. The number of nitrogens with one attached hydrogen (secondary N) is 1. The van der Waals surface area contributed by atoms with Crippen LogP contribution in [0.1, 0.15) is 33.1 Å². The van der Waals surface area contributed by atoms with Crippen molar-refractivity contribution in [2.75, 3.05) is 0 Å². The fourth-order valence-electron chi connectivity index (χ4n) is 2.92. The van der Waals surface area contributed by atoms with Gasteiger partial charge in [-0.15, -0.1) is 0 Å². The van der Waals surface area contributed by atoms with Crippen molar-refractivity contribution in [3.8, 4) is 17.2 Å². The highest BCUT2D eigenvalue weighted by Crippen LogP contribution is 2.23. The van der Waals surface area contributed by atoms with Crippen LogP contribution < -0.4 is 10.1 Å². The molecule has 2 aromatic heterocycles. The van der Waals surface area contributed by atoms with Crippen molar-refractivity contribution in [2.45, 2.75) is 27.0 Å². The lowest BCUT2D eigenvalue weighted by Gasteiger charge is -2.04. The molecule has 0 unspecified atom stereocenters. The fraction of sp³-hybridized carbons (Fsp3) is 0.167. The molecule has 0 spiro atoms. The molecule has 2 heterocycles. The van der Waals surface area contributed by atoms with E-state index in [9.17, 15) is 4.79 Å². The summed E-state index contributed by atoms with van der Waals surface area (Å²) in [5.74, 6) is 2.52. The molecule has 0 fully saturated rings. The highest BCUT2D eigenvalue weighted by atomic mass is 16.5. The topological polar surface area (TPSA) is 77.5 Å². The van der Waals surface area contributed by atoms with Gasteiger partial charge in [0.1, 0.15) is 29.6 Å². The summed E-state index contributed by atoms with van der Waals surface area (Å²) in [4.78, 5) is 16.8. The predicted octanol–water partition coefficient (Wildman–Crippen LogP) is 5.06. The Balaban J connectivity index is 1.39. The van der Waals surface area contributed by atoms with Crippen LogP contribution in [0.25, 0.3) is 11.5 Å². The Morgan fingerprint density at radius 3 is 2.50 bits per heavy atom. The maximum absolute atomic E-state index is 12.3. The molecule has 0 aliphatic rings. The first-order valence-corrected chi connectivity index (χ1v) is 9.65. The number of hydrogen-bond donors (Lipinski definition) is 1. The Labute approximate surface area is 174 Å². The maximum atomic E-state index is 12.3. The Hall–Kier alpha value is -3.80. The van der Waals surface area contributed by atoms with Gasteiger partial charge in [-0.2, -0.15) is 0 Å². The summed E-state index contributed by atoms with van der Waals surface area (Å²) in [5.41, 5.74) is 3.27. The van der Waals surface area contributed by atoms with Gasteiger partial charge < -0.3 is 18.9 Å². The lowest BCUT2D eigenvalue weighted by molar-refractivity contribution is 0.0948. The molecule has 4 rings (SSSR count). The predicted molar refractivity (Wildman–Crippen MR) is 112 cm³/mol. The van der Waals surface area contributed by atoms with E-state index in [1.807, 2.05) is 56.3 Å². The van der Waals surface area contributed by atoms with Crippen molar-refractivity contribution in [2.24, 2.45) is 0 Å². The van der Waals surface area contributed by atoms with Crippen molar-refractivity contribution in [1.29, 1.82) is 0 Å². The lowest BCUT2D eigenvalue weighted by Crippen LogP contribution is -2.22. The molecule has 0 atom stereocenters. The molecule has 0 radical (unpaired) electrons. The van der Waals surface area contributed by atoms with Crippen LogP contribution >= 0.6 is 0 Å². The summed E-state index contributed by atoms with van der Waals surface area (Å²) < 4.78 is 16.8. The van der Waals surface area contributed by atoms with Gasteiger partial charge in [0.25, 0.3) is 5.91 Å². The molecule has 0 aliphatic heterocycles. The first-order chi connectivity index (χ1) is 14.6. The molecule has 152 valence electrons. The van der Waals surface area contributed by atoms with Crippen molar-refractivity contribution in [3.63, 3.8) is 0 Å². The molecule has 0 aliphatic carbocycles. The van der Waals surface area contributed by atoms with E-state index in [1.165, 1.54) is 5.56 Å². The molecule has 4 aromatic rings. The number of hydrogen-bond acceptors (Lipinski definition) is 5. The number of aryl methyl sites for hydroxylation is 2. The van der Waals surface area contributed by atoms with Gasteiger partial charge >= 0.3 is 0 Å². The number of rotatable bonds is 7. The first kappa shape index (κ1) is 19.5. The molecule has 0 saturated heterocycles. The van der Waals surface area contributed by atoms with Gasteiger partial charge in [-0.25, -0.2) is 4.98 Å². The van der Waals surface area contributed by atoms with E-state index in [1.54, 1.807) is 24.5 Å². The van der Waals surface area contributed by atoms with Crippen LogP contribution in [0.3, 0.4) is 0 Å². The van der Waals surface area contributed by atoms with Gasteiger partial charge in [-0.05, 0) is 62.4 Å². The molecular weight excluding hydrogens is 380 g/mol. The quantitative estimate of drug-likeness (QED) is 0.467. The third-order valence-corrected chi connectivity index (χ3v) is 4.69. The van der Waals surface area contributed by atoms with E-state index in [4.69, 9.17) is 13.6 Å². The standard InChI is InChI=1S/C24H22N2O4/c1-16-5-11-20(12-6-16)29-15-22-17(2)30-24(26-22)19-9-7-18(8-10-19)23(27)25-14-21-4-3-13-28-21/h3-13H,14-15H2,1-2H3,(H,25,27). The van der Waals surface area contributed by atoms with Crippen LogP contribution in [0.15, 0.2) is 75.8 Å². The average molecular weight is 402 g/mol. The molecule has 2 aromatic carbocycles. The molecule has 6 heteroatoms. The minimum Gasteiger partial charge on any atom is -0.487 e. The first-order valence-electron chi connectivity index (χ1n) is 9.65. The summed E-state index contributed by atoms with van der Waals surface area (Å²) in [5, 5.41) is 2.82. The van der Waals surface area contributed by atoms with Crippen LogP contribution in [0.2, 0.25) is 0 Å². The Bertz CT molecular complexity index is 1110. The number of carbonyl (C=O) groups is 1. The molecular formula is C24H22N2O4. The van der Waals surface area contributed by atoms with Gasteiger partial charge in [-0.3, -0.25) is 4.79 Å². The SMILES string of the molecule is Cc1ccc(OCc2nc(-c3ccc(C(=O)NCc4ccco4)cc3)oc2C)cc1. The largest absolute Gasteiger partial charge is 0.487 e. The monoisotopic (exact) mass is 402 g/mol. The van der Waals surface area contributed by atoms with E-state index in [0.717, 1.165) is 17.0 Å². The lowest BCUT2D eigenvalue weighted by atomic mass is 10.1. The maximum Gasteiger partial charge on any atom is 0.251 e. The molecule has 30 heavy (non-hydrogen) atoms. The second-order valence-electron chi connectivity index (χ2n) is 6.96. The Morgan fingerprint density at radius 1 is 1.03 bits per heavy atom. The number of furan rings is 1. The van der Waals surface area contributed by atoms with Crippen LogP contribution in [0.5, 0.6) is 5.75 Å². The number of amides is 1. The van der Waals surface area contributed by atoms with Crippen LogP contribution in [-0.4, -0.2) is 10.9 Å². The zero-order valence-corrected chi connectivity index (χ0v) is 16.8. The van der Waals surface area contributed by atoms with Gasteiger partial charge in [0.2, 0.25) is 5.89 Å². The van der Waals surface area contributed by atoms with Gasteiger partial charge in [0.15, 0.2) is 0 Å². The van der Waals surface area contributed by atoms with Crippen molar-refractivity contribution in [1.82, 2.24) is 10.3 Å². The zero-order chi connectivity index (χ0) is 20.9. The van der Waals surface area contributed by atoms with Crippen LogP contribution in [0.4, 0.5) is 0 Å². The third kappa shape index (κ3) is 4.60. The summed E-state index contributed by atoms with van der Waals surface area (Å²) in [6.07, 6.45) is 1.58. The number of ether oxygens (including phenoxy) is 1. The number of oxazole rings is 1. The molecule has 1 amide bonds. The number of nitrogens with zero attached hydrogens (tertiary/aromatic N) is 1. The molecule has 0 saturated carbocycles. The van der Waals surface area contributed by atoms with Crippen LogP contribution in [0, 0.1) is 13.8 Å². The summed E-state index contributed by atoms with van der Waals surface area (Å²) in [6.45, 7) is 4.56. The van der Waals surface area contributed by atoms with E-state index in [-0.39, 0.29) is 5.91 Å². The summed E-state index contributed by atoms with van der Waals surface area (Å²) in [6, 6.07) is 18.6. The number of aromatic nitrogens is 1. The minimum absolute atomic E-state index is 0.172. The zero-order valence-electron chi connectivity index (χ0n) is 16.8. The number of carbonyl (C=O) groups excluding carboxylic acids is 1. The van der Waals surface area contributed by atoms with E-state index in [2.05, 4.69) is 10.3 Å².